The molecule has 0 spiro atoms. The Morgan fingerprint density at radius 2 is 1.54 bits per heavy atom. The molecule has 0 fully saturated rings. The van der Waals surface area contributed by atoms with Crippen molar-refractivity contribution in [3.63, 3.8) is 0 Å². The second-order valence-corrected chi connectivity index (χ2v) is 3.97. The van der Waals surface area contributed by atoms with Gasteiger partial charge in [-0.1, -0.05) is 13.8 Å². The van der Waals surface area contributed by atoms with Crippen molar-refractivity contribution in [2.75, 3.05) is 0 Å². The maximum atomic E-state index is 10.2. The van der Waals surface area contributed by atoms with Gasteiger partial charge in [0.25, 0.3) is 0 Å². The molecule has 8 heteroatoms. The first-order valence-electron chi connectivity index (χ1n) is 2.92. The minimum absolute atomic E-state index is 0. The van der Waals surface area contributed by atoms with Crippen LogP contribution in [-0.4, -0.2) is 24.2 Å². The first-order valence-corrected chi connectivity index (χ1v) is 4.39. The van der Waals surface area contributed by atoms with E-state index >= 15 is 0 Å². The topological polar surface area (TPSA) is 97.3 Å². The van der Waals surface area contributed by atoms with Crippen LogP contribution < -0.4 is 64.2 Å². The van der Waals surface area contributed by atoms with Crippen molar-refractivity contribution in [3.05, 3.63) is 0 Å². The third-order valence-corrected chi connectivity index (χ3v) is 2.51. The van der Waals surface area contributed by atoms with E-state index in [0.717, 1.165) is 0 Å². The molecule has 0 aliphatic rings. The van der Waals surface area contributed by atoms with Crippen LogP contribution in [0.1, 0.15) is 13.8 Å². The molecule has 0 heterocycles. The molecular formula is C5H8Na2O5S. The van der Waals surface area contributed by atoms with Crippen molar-refractivity contribution in [3.8, 4) is 0 Å². The number of carbonyl (C=O) groups excluding carboxylic acids is 1. The van der Waals surface area contributed by atoms with Crippen LogP contribution >= 0.6 is 0 Å². The van der Waals surface area contributed by atoms with Gasteiger partial charge in [0.05, 0.1) is 11.2 Å². The first kappa shape index (κ1) is 19.9. The van der Waals surface area contributed by atoms with Crippen molar-refractivity contribution in [1.29, 1.82) is 0 Å². The minimum atomic E-state index is -4.78. The van der Waals surface area contributed by atoms with Gasteiger partial charge in [0.1, 0.15) is 10.1 Å². The Morgan fingerprint density at radius 1 is 1.23 bits per heavy atom. The Hall–Kier alpha value is 1.38. The molecule has 0 aromatic rings. The summed E-state index contributed by atoms with van der Waals surface area (Å²) in [6.45, 7) is 2.66. The fourth-order valence-corrected chi connectivity index (χ4v) is 1.63. The number of carboxylic acids is 1. The zero-order valence-electron chi connectivity index (χ0n) is 8.10. The maximum Gasteiger partial charge on any atom is 1.00 e. The molecule has 13 heavy (non-hydrogen) atoms. The van der Waals surface area contributed by atoms with Crippen LogP contribution in [0.4, 0.5) is 0 Å². The van der Waals surface area contributed by atoms with Crippen LogP contribution in [0.2, 0.25) is 0 Å². The van der Waals surface area contributed by atoms with Crippen LogP contribution in [0.3, 0.4) is 0 Å². The Balaban J connectivity index is -0.000000500. The third kappa shape index (κ3) is 7.33. The van der Waals surface area contributed by atoms with Gasteiger partial charge in [0, 0.05) is 0 Å². The number of aliphatic carboxylic acids is 1. The molecule has 0 bridgehead atoms. The van der Waals surface area contributed by atoms with Gasteiger partial charge in [-0.05, 0) is 5.92 Å². The van der Waals surface area contributed by atoms with E-state index in [0.29, 0.717) is 0 Å². The number of carboxylic acid groups (broad SMARTS) is 1. The van der Waals surface area contributed by atoms with E-state index in [9.17, 15) is 22.9 Å². The monoisotopic (exact) mass is 226 g/mol. The molecule has 0 aliphatic carbocycles. The first-order chi connectivity index (χ1) is 4.76. The molecule has 0 N–H and O–H groups in total. The van der Waals surface area contributed by atoms with Crippen molar-refractivity contribution in [2.24, 2.45) is 5.92 Å². The van der Waals surface area contributed by atoms with E-state index in [-0.39, 0.29) is 59.1 Å². The van der Waals surface area contributed by atoms with Gasteiger partial charge in [0.15, 0.2) is 0 Å². The SMILES string of the molecule is CC(C)C(C(=O)[O-])S(=O)(=O)[O-].[Na+].[Na+]. The number of hydrogen-bond acceptors (Lipinski definition) is 5. The van der Waals surface area contributed by atoms with Crippen molar-refractivity contribution < 1.29 is 82.0 Å². The quantitative estimate of drug-likeness (QED) is 0.351. The van der Waals surface area contributed by atoms with Gasteiger partial charge < -0.3 is 14.5 Å². The molecule has 0 saturated carbocycles. The normalized spacial score (nSPS) is 12.6. The number of hydrogen-bond donors (Lipinski definition) is 0. The summed E-state index contributed by atoms with van der Waals surface area (Å²) in [7, 11) is -4.78. The fourth-order valence-electron chi connectivity index (χ4n) is 0.723. The molecule has 0 amide bonds. The minimum Gasteiger partial charge on any atom is -0.747 e. The van der Waals surface area contributed by atoms with E-state index in [1.807, 2.05) is 0 Å². The molecular weight excluding hydrogens is 218 g/mol. The average Bonchev–Trinajstić information content (AvgIpc) is 1.54. The molecule has 0 aliphatic heterocycles. The van der Waals surface area contributed by atoms with Crippen molar-refractivity contribution >= 4 is 16.1 Å². The second-order valence-electron chi connectivity index (χ2n) is 2.48. The summed E-state index contributed by atoms with van der Waals surface area (Å²) >= 11 is 0. The van der Waals surface area contributed by atoms with Crippen molar-refractivity contribution in [1.82, 2.24) is 0 Å². The summed E-state index contributed by atoms with van der Waals surface area (Å²) in [6.07, 6.45) is 0. The molecule has 0 saturated heterocycles. The summed E-state index contributed by atoms with van der Waals surface area (Å²) in [6, 6.07) is 0. The standard InChI is InChI=1S/C5H10O5S.2Na/c1-3(2)4(5(6)7)11(8,9)10;;/h3-4H,1-2H3,(H,6,7)(H,8,9,10);;/q;2*+1/p-2. The Bertz CT molecular complexity index is 248. The van der Waals surface area contributed by atoms with E-state index in [1.165, 1.54) is 13.8 Å². The predicted octanol–water partition coefficient (Wildman–Crippen LogP) is -7.69. The molecule has 0 radical (unpaired) electrons. The zero-order valence-corrected chi connectivity index (χ0v) is 12.9. The van der Waals surface area contributed by atoms with Gasteiger partial charge in [-0.3, -0.25) is 0 Å². The van der Waals surface area contributed by atoms with Gasteiger partial charge >= 0.3 is 59.1 Å². The van der Waals surface area contributed by atoms with Crippen LogP contribution in [-0.2, 0) is 14.9 Å². The molecule has 0 rings (SSSR count). The molecule has 66 valence electrons. The zero-order chi connectivity index (χ0) is 9.23. The molecule has 1 atom stereocenters. The Labute approximate surface area is 122 Å². The van der Waals surface area contributed by atoms with Crippen LogP contribution in [0.15, 0.2) is 0 Å². The molecule has 0 aromatic carbocycles. The Kier molecular flexibility index (Phi) is 11.7. The van der Waals surface area contributed by atoms with Gasteiger partial charge in [-0.25, -0.2) is 8.42 Å². The summed E-state index contributed by atoms with van der Waals surface area (Å²) in [5, 5.41) is 8.16. The molecule has 5 nitrogen and oxygen atoms in total. The van der Waals surface area contributed by atoms with E-state index in [4.69, 9.17) is 0 Å². The van der Waals surface area contributed by atoms with Crippen LogP contribution in [0, 0.1) is 5.92 Å². The van der Waals surface area contributed by atoms with E-state index in [2.05, 4.69) is 0 Å². The second kappa shape index (κ2) is 7.64. The number of carbonyl (C=O) groups is 1. The Morgan fingerprint density at radius 3 is 1.54 bits per heavy atom. The maximum absolute atomic E-state index is 10.2. The van der Waals surface area contributed by atoms with Gasteiger partial charge in [0.2, 0.25) is 0 Å². The average molecular weight is 226 g/mol. The third-order valence-electron chi connectivity index (χ3n) is 1.15. The van der Waals surface area contributed by atoms with E-state index in [1.54, 1.807) is 0 Å². The van der Waals surface area contributed by atoms with Crippen LogP contribution in [0.5, 0.6) is 0 Å². The van der Waals surface area contributed by atoms with E-state index < -0.39 is 27.3 Å². The molecule has 0 aromatic heterocycles. The summed E-state index contributed by atoms with van der Waals surface area (Å²) in [5.74, 6) is -2.60. The summed E-state index contributed by atoms with van der Waals surface area (Å²) < 4.78 is 30.7. The predicted molar refractivity (Wildman–Crippen MR) is 33.3 cm³/mol. The van der Waals surface area contributed by atoms with Crippen LogP contribution in [0.25, 0.3) is 0 Å². The van der Waals surface area contributed by atoms with Crippen molar-refractivity contribution in [2.45, 2.75) is 19.1 Å². The van der Waals surface area contributed by atoms with Gasteiger partial charge in [-0.2, -0.15) is 0 Å². The largest absolute Gasteiger partial charge is 1.00 e. The smallest absolute Gasteiger partial charge is 0.747 e. The fraction of sp³-hybridized carbons (Fsp3) is 0.800. The summed E-state index contributed by atoms with van der Waals surface area (Å²) in [4.78, 5) is 10.1. The number of rotatable bonds is 3. The summed E-state index contributed by atoms with van der Waals surface area (Å²) in [5.41, 5.74) is 0. The van der Waals surface area contributed by atoms with Gasteiger partial charge in [-0.15, -0.1) is 0 Å². The molecule has 1 unspecified atom stereocenters.